The Bertz CT molecular complexity index is 883. The molecule has 1 heterocycles. The predicted molar refractivity (Wildman–Crippen MR) is 96.6 cm³/mol. The summed E-state index contributed by atoms with van der Waals surface area (Å²) >= 11 is 5.90. The van der Waals surface area contributed by atoms with Crippen molar-refractivity contribution in [2.75, 3.05) is 26.2 Å². The lowest BCUT2D eigenvalue weighted by atomic mass is 10.2. The van der Waals surface area contributed by atoms with Gasteiger partial charge in [0, 0.05) is 37.7 Å². The molecule has 0 aliphatic carbocycles. The van der Waals surface area contributed by atoms with E-state index in [0.717, 1.165) is 12.1 Å². The Morgan fingerprint density at radius 3 is 2.36 bits per heavy atom. The van der Waals surface area contributed by atoms with E-state index in [1.165, 1.54) is 16.4 Å². The summed E-state index contributed by atoms with van der Waals surface area (Å²) < 4.78 is 27.0. The Labute approximate surface area is 153 Å². The van der Waals surface area contributed by atoms with E-state index in [4.69, 9.17) is 16.9 Å². The first-order valence-electron chi connectivity index (χ1n) is 7.96. The van der Waals surface area contributed by atoms with Crippen LogP contribution in [0.4, 0.5) is 0 Å². The minimum Gasteiger partial charge on any atom is -0.296 e. The summed E-state index contributed by atoms with van der Waals surface area (Å²) in [5, 5.41) is 9.66. The molecule has 1 saturated heterocycles. The van der Waals surface area contributed by atoms with Crippen molar-refractivity contribution in [1.82, 2.24) is 9.21 Å². The van der Waals surface area contributed by atoms with Gasteiger partial charge in [0.25, 0.3) is 0 Å². The second-order valence-corrected chi connectivity index (χ2v) is 8.32. The number of halogens is 1. The first-order valence-corrected chi connectivity index (χ1v) is 9.78. The average Bonchev–Trinajstić information content (AvgIpc) is 2.64. The van der Waals surface area contributed by atoms with E-state index in [-0.39, 0.29) is 4.90 Å². The van der Waals surface area contributed by atoms with E-state index in [1.807, 2.05) is 30.3 Å². The fourth-order valence-corrected chi connectivity index (χ4v) is 4.45. The van der Waals surface area contributed by atoms with Crippen molar-refractivity contribution in [1.29, 1.82) is 5.26 Å². The van der Waals surface area contributed by atoms with Gasteiger partial charge in [0.05, 0.1) is 16.5 Å². The fraction of sp³-hybridized carbons (Fsp3) is 0.278. The largest absolute Gasteiger partial charge is 0.296 e. The molecule has 0 aromatic heterocycles. The molecule has 0 saturated carbocycles. The van der Waals surface area contributed by atoms with Gasteiger partial charge in [-0.1, -0.05) is 29.8 Å². The highest BCUT2D eigenvalue weighted by molar-refractivity contribution is 7.89. The van der Waals surface area contributed by atoms with Crippen LogP contribution < -0.4 is 0 Å². The van der Waals surface area contributed by atoms with Crippen LogP contribution in [0.3, 0.4) is 0 Å². The topological polar surface area (TPSA) is 64.4 Å². The van der Waals surface area contributed by atoms with Crippen molar-refractivity contribution in [3.8, 4) is 6.07 Å². The lowest BCUT2D eigenvalue weighted by Crippen LogP contribution is -2.48. The Morgan fingerprint density at radius 2 is 1.72 bits per heavy atom. The molecule has 0 spiro atoms. The Hall–Kier alpha value is -1.91. The molecular weight excluding hydrogens is 358 g/mol. The van der Waals surface area contributed by atoms with Crippen LogP contribution >= 0.6 is 11.6 Å². The maximum atomic E-state index is 12.7. The zero-order chi connectivity index (χ0) is 17.9. The van der Waals surface area contributed by atoms with Crippen molar-refractivity contribution in [3.05, 3.63) is 64.7 Å². The molecule has 1 aliphatic heterocycles. The van der Waals surface area contributed by atoms with E-state index >= 15 is 0 Å². The van der Waals surface area contributed by atoms with Crippen LogP contribution in [-0.4, -0.2) is 43.8 Å². The smallest absolute Gasteiger partial charge is 0.243 e. The number of nitriles is 1. The van der Waals surface area contributed by atoms with Gasteiger partial charge < -0.3 is 0 Å². The quantitative estimate of drug-likeness (QED) is 0.824. The molecule has 0 atom stereocenters. The van der Waals surface area contributed by atoms with Crippen LogP contribution in [-0.2, 0) is 16.6 Å². The van der Waals surface area contributed by atoms with Gasteiger partial charge in [-0.3, -0.25) is 4.90 Å². The number of benzene rings is 2. The summed E-state index contributed by atoms with van der Waals surface area (Å²) in [4.78, 5) is 2.40. The van der Waals surface area contributed by atoms with Gasteiger partial charge in [-0.15, -0.1) is 0 Å². The zero-order valence-corrected chi connectivity index (χ0v) is 15.2. The summed E-state index contributed by atoms with van der Waals surface area (Å²) in [6.07, 6.45) is 0. The second kappa shape index (κ2) is 7.54. The maximum absolute atomic E-state index is 12.7. The van der Waals surface area contributed by atoms with Crippen LogP contribution in [0, 0.1) is 11.3 Å². The number of piperazine rings is 1. The van der Waals surface area contributed by atoms with Gasteiger partial charge in [0.15, 0.2) is 0 Å². The molecule has 0 N–H and O–H groups in total. The first kappa shape index (κ1) is 17.9. The third-order valence-corrected chi connectivity index (χ3v) is 6.40. The molecule has 5 nitrogen and oxygen atoms in total. The molecule has 0 unspecified atom stereocenters. The average molecular weight is 376 g/mol. The van der Waals surface area contributed by atoms with Crippen LogP contribution in [0.25, 0.3) is 0 Å². The molecule has 0 bridgehead atoms. The lowest BCUT2D eigenvalue weighted by Gasteiger charge is -2.34. The standard InChI is InChI=1S/C18H18ClN3O2S/c19-17-6-4-15(5-7-17)14-21-8-10-22(11-9-21)25(23,24)18-3-1-2-16(12-18)13-20/h1-7,12H,8-11,14H2. The van der Waals surface area contributed by atoms with Crippen LogP contribution in [0.1, 0.15) is 11.1 Å². The van der Waals surface area contributed by atoms with Gasteiger partial charge in [-0.2, -0.15) is 9.57 Å². The monoisotopic (exact) mass is 375 g/mol. The molecule has 25 heavy (non-hydrogen) atoms. The molecule has 0 radical (unpaired) electrons. The summed E-state index contributed by atoms with van der Waals surface area (Å²) in [5.41, 5.74) is 1.50. The second-order valence-electron chi connectivity index (χ2n) is 5.95. The molecular formula is C18H18ClN3O2S. The number of hydrogen-bond acceptors (Lipinski definition) is 4. The molecule has 3 rings (SSSR count). The molecule has 2 aromatic rings. The van der Waals surface area contributed by atoms with Crippen molar-refractivity contribution in [2.24, 2.45) is 0 Å². The molecule has 0 amide bonds. The van der Waals surface area contributed by atoms with Crippen LogP contribution in [0.15, 0.2) is 53.4 Å². The molecule has 1 fully saturated rings. The van der Waals surface area contributed by atoms with E-state index in [0.29, 0.717) is 36.8 Å². The van der Waals surface area contributed by atoms with Crippen molar-refractivity contribution < 1.29 is 8.42 Å². The molecule has 7 heteroatoms. The highest BCUT2D eigenvalue weighted by atomic mass is 35.5. The highest BCUT2D eigenvalue weighted by Crippen LogP contribution is 2.20. The fourth-order valence-electron chi connectivity index (χ4n) is 2.85. The van der Waals surface area contributed by atoms with Gasteiger partial charge in [-0.05, 0) is 35.9 Å². The third kappa shape index (κ3) is 4.20. The number of sulfonamides is 1. The summed E-state index contributed by atoms with van der Waals surface area (Å²) in [6, 6.07) is 15.8. The van der Waals surface area contributed by atoms with Crippen LogP contribution in [0.5, 0.6) is 0 Å². The number of rotatable bonds is 4. The van der Waals surface area contributed by atoms with E-state index in [1.54, 1.807) is 12.1 Å². The predicted octanol–water partition coefficient (Wildman–Crippen LogP) is 2.72. The summed E-state index contributed by atoms with van der Waals surface area (Å²) in [5.74, 6) is 0. The van der Waals surface area contributed by atoms with E-state index in [2.05, 4.69) is 4.90 Å². The molecule has 130 valence electrons. The maximum Gasteiger partial charge on any atom is 0.243 e. The van der Waals surface area contributed by atoms with E-state index in [9.17, 15) is 8.42 Å². The van der Waals surface area contributed by atoms with Crippen LogP contribution in [0.2, 0.25) is 5.02 Å². The zero-order valence-electron chi connectivity index (χ0n) is 13.6. The van der Waals surface area contributed by atoms with Gasteiger partial charge in [0.1, 0.15) is 0 Å². The summed E-state index contributed by atoms with van der Waals surface area (Å²) in [7, 11) is -3.56. The SMILES string of the molecule is N#Cc1cccc(S(=O)(=O)N2CCN(Cc3ccc(Cl)cc3)CC2)c1. The van der Waals surface area contributed by atoms with Gasteiger partial charge in [-0.25, -0.2) is 8.42 Å². The summed E-state index contributed by atoms with van der Waals surface area (Å²) in [6.45, 7) is 2.98. The number of nitrogens with zero attached hydrogens (tertiary/aromatic N) is 3. The normalized spacial score (nSPS) is 16.5. The lowest BCUT2D eigenvalue weighted by molar-refractivity contribution is 0.181. The number of hydrogen-bond donors (Lipinski definition) is 0. The van der Waals surface area contributed by atoms with Crippen molar-refractivity contribution in [2.45, 2.75) is 11.4 Å². The van der Waals surface area contributed by atoms with Crippen molar-refractivity contribution >= 4 is 21.6 Å². The molecule has 2 aromatic carbocycles. The van der Waals surface area contributed by atoms with E-state index < -0.39 is 10.0 Å². The third-order valence-electron chi connectivity index (χ3n) is 4.25. The highest BCUT2D eigenvalue weighted by Gasteiger charge is 2.28. The Morgan fingerprint density at radius 1 is 1.04 bits per heavy atom. The Balaban J connectivity index is 1.65. The first-order chi connectivity index (χ1) is 12.0. The minimum atomic E-state index is -3.56. The van der Waals surface area contributed by atoms with Gasteiger partial charge >= 0.3 is 0 Å². The van der Waals surface area contributed by atoms with Gasteiger partial charge in [0.2, 0.25) is 10.0 Å². The van der Waals surface area contributed by atoms with Crippen molar-refractivity contribution in [3.63, 3.8) is 0 Å². The Kier molecular flexibility index (Phi) is 5.40. The molecule has 1 aliphatic rings. The minimum absolute atomic E-state index is 0.178.